The van der Waals surface area contributed by atoms with Crippen molar-refractivity contribution in [3.05, 3.63) is 0 Å². The van der Waals surface area contributed by atoms with Crippen LogP contribution in [0, 0.1) is 5.41 Å². The molecule has 7 heteroatoms. The lowest BCUT2D eigenvalue weighted by Gasteiger charge is -2.19. The van der Waals surface area contributed by atoms with Gasteiger partial charge < -0.3 is 15.4 Å². The molecule has 0 heterocycles. The Balaban J connectivity index is 1.62. The van der Waals surface area contributed by atoms with Gasteiger partial charge in [0, 0.05) is 31.8 Å². The van der Waals surface area contributed by atoms with Crippen LogP contribution in [-0.2, 0) is 14.6 Å². The number of hydrogen-bond acceptors (Lipinski definition) is 4. The van der Waals surface area contributed by atoms with Crippen molar-refractivity contribution in [3.8, 4) is 0 Å². The first kappa shape index (κ1) is 19.5. The van der Waals surface area contributed by atoms with Crippen molar-refractivity contribution in [2.24, 2.45) is 10.4 Å². The van der Waals surface area contributed by atoms with Crippen LogP contribution in [-0.4, -0.2) is 59.2 Å². The maximum absolute atomic E-state index is 11.5. The first-order valence-corrected chi connectivity index (χ1v) is 11.2. The van der Waals surface area contributed by atoms with Gasteiger partial charge >= 0.3 is 0 Å². The van der Waals surface area contributed by atoms with Gasteiger partial charge in [-0.25, -0.2) is 8.42 Å². The van der Waals surface area contributed by atoms with Crippen LogP contribution in [0.5, 0.6) is 0 Å². The van der Waals surface area contributed by atoms with E-state index in [0.29, 0.717) is 19.3 Å². The Bertz CT molecular complexity index is 507. The Morgan fingerprint density at radius 3 is 2.38 bits per heavy atom. The molecule has 0 bridgehead atoms. The third-order valence-corrected chi connectivity index (χ3v) is 6.07. The van der Waals surface area contributed by atoms with Crippen molar-refractivity contribution in [1.29, 1.82) is 0 Å². The molecule has 0 aromatic carbocycles. The van der Waals surface area contributed by atoms with Crippen molar-refractivity contribution >= 4 is 15.8 Å². The number of nitrogens with one attached hydrogen (secondary N) is 2. The number of rotatable bonds is 8. The standard InChI is InChI=1S/C17H33N3O3S/c1-18-16(20-13-17(9-10-17)14-24(2,21)22)19-11-12-23-15-7-5-3-4-6-8-15/h15H,3-14H2,1-2H3,(H2,18,19,20). The molecule has 0 aromatic rings. The van der Waals surface area contributed by atoms with E-state index in [-0.39, 0.29) is 11.2 Å². The van der Waals surface area contributed by atoms with E-state index in [2.05, 4.69) is 15.6 Å². The molecule has 2 aliphatic rings. The van der Waals surface area contributed by atoms with Crippen LogP contribution in [0.25, 0.3) is 0 Å². The van der Waals surface area contributed by atoms with Crippen LogP contribution >= 0.6 is 0 Å². The third-order valence-electron chi connectivity index (χ3n) is 4.93. The van der Waals surface area contributed by atoms with Gasteiger partial charge in [-0.3, -0.25) is 4.99 Å². The lowest BCUT2D eigenvalue weighted by atomic mass is 10.1. The fraction of sp³-hybridized carbons (Fsp3) is 0.941. The quantitative estimate of drug-likeness (QED) is 0.298. The minimum Gasteiger partial charge on any atom is -0.376 e. The highest BCUT2D eigenvalue weighted by atomic mass is 32.2. The summed E-state index contributed by atoms with van der Waals surface area (Å²) in [6, 6.07) is 0. The molecule has 2 fully saturated rings. The fourth-order valence-corrected chi connectivity index (χ4v) is 4.90. The Morgan fingerprint density at radius 1 is 1.17 bits per heavy atom. The molecular formula is C17H33N3O3S. The van der Waals surface area contributed by atoms with Crippen molar-refractivity contribution in [2.45, 2.75) is 57.5 Å². The molecule has 0 amide bonds. The molecular weight excluding hydrogens is 326 g/mol. The van der Waals surface area contributed by atoms with Gasteiger partial charge in [-0.05, 0) is 25.7 Å². The summed E-state index contributed by atoms with van der Waals surface area (Å²) in [4.78, 5) is 4.20. The predicted octanol–water partition coefficient (Wildman–Crippen LogP) is 1.72. The maximum atomic E-state index is 11.5. The topological polar surface area (TPSA) is 79.8 Å². The number of sulfone groups is 1. The van der Waals surface area contributed by atoms with E-state index in [1.54, 1.807) is 7.05 Å². The smallest absolute Gasteiger partial charge is 0.191 e. The van der Waals surface area contributed by atoms with E-state index < -0.39 is 9.84 Å². The first-order valence-electron chi connectivity index (χ1n) is 9.16. The summed E-state index contributed by atoms with van der Waals surface area (Å²) in [5, 5.41) is 6.51. The van der Waals surface area contributed by atoms with Gasteiger partial charge in [-0.2, -0.15) is 0 Å². The number of nitrogens with zero attached hydrogens (tertiary/aromatic N) is 1. The predicted molar refractivity (Wildman–Crippen MR) is 98.2 cm³/mol. The summed E-state index contributed by atoms with van der Waals surface area (Å²) < 4.78 is 28.9. The molecule has 0 saturated heterocycles. The molecule has 2 N–H and O–H groups in total. The van der Waals surface area contributed by atoms with Crippen LogP contribution < -0.4 is 10.6 Å². The third kappa shape index (κ3) is 7.38. The van der Waals surface area contributed by atoms with E-state index in [4.69, 9.17) is 4.74 Å². The van der Waals surface area contributed by atoms with Crippen molar-refractivity contribution < 1.29 is 13.2 Å². The average molecular weight is 360 g/mol. The number of hydrogen-bond donors (Lipinski definition) is 2. The second-order valence-electron chi connectivity index (χ2n) is 7.41. The SMILES string of the molecule is CN=C(NCCOC1CCCCCC1)NCC1(CS(C)(=O)=O)CC1. The van der Waals surface area contributed by atoms with Gasteiger partial charge in [0.2, 0.25) is 0 Å². The number of aliphatic imine (C=N–C) groups is 1. The number of guanidine groups is 1. The molecule has 0 atom stereocenters. The summed E-state index contributed by atoms with van der Waals surface area (Å²) in [7, 11) is -1.20. The zero-order valence-corrected chi connectivity index (χ0v) is 16.0. The van der Waals surface area contributed by atoms with Gasteiger partial charge in [-0.1, -0.05) is 25.7 Å². The van der Waals surface area contributed by atoms with Crippen molar-refractivity contribution in [1.82, 2.24) is 10.6 Å². The Labute approximate surface area is 146 Å². The summed E-state index contributed by atoms with van der Waals surface area (Å²) in [6.45, 7) is 2.05. The van der Waals surface area contributed by atoms with Crippen LogP contribution in [0.3, 0.4) is 0 Å². The van der Waals surface area contributed by atoms with Crippen LogP contribution in [0.4, 0.5) is 0 Å². The minimum absolute atomic E-state index is 0.0952. The molecule has 0 unspecified atom stereocenters. The summed E-state index contributed by atoms with van der Waals surface area (Å²) in [5.74, 6) is 0.980. The van der Waals surface area contributed by atoms with Crippen molar-refractivity contribution in [3.63, 3.8) is 0 Å². The highest BCUT2D eigenvalue weighted by Crippen LogP contribution is 2.45. The zero-order valence-electron chi connectivity index (χ0n) is 15.1. The second kappa shape index (κ2) is 9.04. The molecule has 140 valence electrons. The summed E-state index contributed by atoms with van der Waals surface area (Å²) in [5.41, 5.74) is -0.0952. The highest BCUT2D eigenvalue weighted by molar-refractivity contribution is 7.90. The maximum Gasteiger partial charge on any atom is 0.191 e. The summed E-state index contributed by atoms with van der Waals surface area (Å²) >= 11 is 0. The van der Waals surface area contributed by atoms with Crippen LogP contribution in [0.1, 0.15) is 51.4 Å². The average Bonchev–Trinajstić information content (AvgIpc) is 3.30. The Hall–Kier alpha value is -0.820. The molecule has 0 spiro atoms. The largest absolute Gasteiger partial charge is 0.376 e. The Kier molecular flexibility index (Phi) is 7.34. The monoisotopic (exact) mass is 359 g/mol. The van der Waals surface area contributed by atoms with E-state index in [1.165, 1.54) is 44.8 Å². The van der Waals surface area contributed by atoms with E-state index in [0.717, 1.165) is 25.3 Å². The van der Waals surface area contributed by atoms with Gasteiger partial charge in [0.25, 0.3) is 0 Å². The van der Waals surface area contributed by atoms with Crippen LogP contribution in [0.15, 0.2) is 4.99 Å². The molecule has 0 aliphatic heterocycles. The van der Waals surface area contributed by atoms with Crippen molar-refractivity contribution in [2.75, 3.05) is 38.8 Å². The lowest BCUT2D eigenvalue weighted by Crippen LogP contribution is -2.42. The van der Waals surface area contributed by atoms with Gasteiger partial charge in [0.1, 0.15) is 9.84 Å². The highest BCUT2D eigenvalue weighted by Gasteiger charge is 2.45. The van der Waals surface area contributed by atoms with Crippen LogP contribution in [0.2, 0.25) is 0 Å². The molecule has 24 heavy (non-hydrogen) atoms. The summed E-state index contributed by atoms with van der Waals surface area (Å²) in [6.07, 6.45) is 11.3. The fourth-order valence-electron chi connectivity index (χ4n) is 3.40. The zero-order chi connectivity index (χ0) is 17.5. The molecule has 2 aliphatic carbocycles. The normalized spacial score (nSPS) is 22.0. The van der Waals surface area contributed by atoms with Gasteiger partial charge in [0.15, 0.2) is 5.96 Å². The second-order valence-corrected chi connectivity index (χ2v) is 9.55. The molecule has 0 radical (unpaired) electrons. The van der Waals surface area contributed by atoms with Gasteiger partial charge in [0.05, 0.1) is 18.5 Å². The van der Waals surface area contributed by atoms with E-state index >= 15 is 0 Å². The molecule has 2 rings (SSSR count). The van der Waals surface area contributed by atoms with E-state index in [9.17, 15) is 8.42 Å². The molecule has 2 saturated carbocycles. The first-order chi connectivity index (χ1) is 11.4. The van der Waals surface area contributed by atoms with Gasteiger partial charge in [-0.15, -0.1) is 0 Å². The molecule has 6 nitrogen and oxygen atoms in total. The number of ether oxygens (including phenoxy) is 1. The molecule has 0 aromatic heterocycles. The lowest BCUT2D eigenvalue weighted by molar-refractivity contribution is 0.0468. The van der Waals surface area contributed by atoms with E-state index in [1.807, 2.05) is 0 Å². The Morgan fingerprint density at radius 2 is 1.83 bits per heavy atom. The minimum atomic E-state index is -2.93.